The molecule has 29 heavy (non-hydrogen) atoms. The predicted molar refractivity (Wildman–Crippen MR) is 110 cm³/mol. The van der Waals surface area contributed by atoms with Crippen LogP contribution in [0.4, 0.5) is 16.0 Å². The van der Waals surface area contributed by atoms with Crippen LogP contribution in [0.2, 0.25) is 5.02 Å². The zero-order chi connectivity index (χ0) is 21.0. The number of aromatic nitrogens is 2. The number of hydrogen-bond donors (Lipinski definition) is 0. The molecule has 0 spiro atoms. The summed E-state index contributed by atoms with van der Waals surface area (Å²) in [6, 6.07) is 6.49. The van der Waals surface area contributed by atoms with Gasteiger partial charge in [0.25, 0.3) is 5.91 Å². The Kier molecular flexibility index (Phi) is 6.49. The molecule has 0 aliphatic carbocycles. The number of carbonyl (C=O) groups excluding carboxylic acids is 1. The molecule has 0 bridgehead atoms. The first-order valence-corrected chi connectivity index (χ1v) is 9.88. The number of nitriles is 1. The van der Waals surface area contributed by atoms with Crippen molar-refractivity contribution in [3.8, 4) is 6.07 Å². The Hall–Kier alpha value is -2.92. The second kappa shape index (κ2) is 9.05. The van der Waals surface area contributed by atoms with Crippen molar-refractivity contribution in [1.29, 1.82) is 5.26 Å². The van der Waals surface area contributed by atoms with Crippen molar-refractivity contribution in [3.63, 3.8) is 0 Å². The molecule has 1 aromatic heterocycles. The number of halogens is 2. The highest BCUT2D eigenvalue weighted by molar-refractivity contribution is 6.33. The Morgan fingerprint density at radius 1 is 1.28 bits per heavy atom. The number of benzene rings is 1. The van der Waals surface area contributed by atoms with E-state index in [4.69, 9.17) is 11.6 Å². The molecular weight excluding hydrogens is 395 g/mol. The van der Waals surface area contributed by atoms with Crippen molar-refractivity contribution in [2.24, 2.45) is 0 Å². The van der Waals surface area contributed by atoms with Crippen LogP contribution in [0.25, 0.3) is 0 Å². The van der Waals surface area contributed by atoms with Gasteiger partial charge >= 0.3 is 0 Å². The molecule has 1 aromatic carbocycles. The third-order valence-corrected chi connectivity index (χ3v) is 5.27. The number of carbonyl (C=O) groups is 1. The molecule has 152 valence electrons. The molecule has 1 fully saturated rings. The molecule has 1 saturated heterocycles. The van der Waals surface area contributed by atoms with Gasteiger partial charge in [0, 0.05) is 39.3 Å². The van der Waals surface area contributed by atoms with E-state index < -0.39 is 5.82 Å². The van der Waals surface area contributed by atoms with Crippen LogP contribution in [0.1, 0.15) is 29.9 Å². The Morgan fingerprint density at radius 2 is 1.97 bits per heavy atom. The summed E-state index contributed by atoms with van der Waals surface area (Å²) in [4.78, 5) is 27.1. The average molecular weight is 417 g/mol. The van der Waals surface area contributed by atoms with Crippen LogP contribution in [0.5, 0.6) is 0 Å². The lowest BCUT2D eigenvalue weighted by Gasteiger charge is -2.36. The average Bonchev–Trinajstić information content (AvgIpc) is 2.75. The number of piperazine rings is 1. The lowest BCUT2D eigenvalue weighted by Crippen LogP contribution is -2.49. The summed E-state index contributed by atoms with van der Waals surface area (Å²) >= 11 is 6.20. The van der Waals surface area contributed by atoms with Crippen molar-refractivity contribution in [1.82, 2.24) is 14.9 Å². The highest BCUT2D eigenvalue weighted by Crippen LogP contribution is 2.25. The first kappa shape index (κ1) is 20.8. The topological polar surface area (TPSA) is 76.4 Å². The van der Waals surface area contributed by atoms with Crippen LogP contribution >= 0.6 is 11.6 Å². The SMILES string of the molecule is CCN(CC)c1ncc(Cl)c(C(=O)N2CCN(c3cccc(F)c3C#N)CC2)n1. The summed E-state index contributed by atoms with van der Waals surface area (Å²) in [6.07, 6.45) is 1.46. The van der Waals surface area contributed by atoms with Gasteiger partial charge in [-0.1, -0.05) is 17.7 Å². The monoisotopic (exact) mass is 416 g/mol. The number of amides is 1. The summed E-state index contributed by atoms with van der Waals surface area (Å²) in [6.45, 7) is 7.22. The Morgan fingerprint density at radius 3 is 2.59 bits per heavy atom. The van der Waals surface area contributed by atoms with E-state index in [1.165, 1.54) is 12.3 Å². The van der Waals surface area contributed by atoms with Crippen LogP contribution < -0.4 is 9.80 Å². The fraction of sp³-hybridized carbons (Fsp3) is 0.400. The van der Waals surface area contributed by atoms with E-state index in [1.807, 2.05) is 29.7 Å². The third kappa shape index (κ3) is 4.25. The maximum absolute atomic E-state index is 13.9. The molecule has 0 unspecified atom stereocenters. The molecule has 0 N–H and O–H groups in total. The Bertz CT molecular complexity index is 935. The highest BCUT2D eigenvalue weighted by Gasteiger charge is 2.27. The minimum atomic E-state index is -0.541. The van der Waals surface area contributed by atoms with Crippen molar-refractivity contribution in [2.45, 2.75) is 13.8 Å². The normalized spacial score (nSPS) is 13.9. The number of rotatable bonds is 5. The minimum Gasteiger partial charge on any atom is -0.367 e. The lowest BCUT2D eigenvalue weighted by molar-refractivity contribution is 0.0741. The van der Waals surface area contributed by atoms with E-state index >= 15 is 0 Å². The Labute approximate surface area is 174 Å². The van der Waals surface area contributed by atoms with E-state index in [-0.39, 0.29) is 22.2 Å². The van der Waals surface area contributed by atoms with Crippen molar-refractivity contribution in [3.05, 3.63) is 46.5 Å². The second-order valence-corrected chi connectivity index (χ2v) is 6.97. The van der Waals surface area contributed by atoms with E-state index in [1.54, 1.807) is 17.0 Å². The van der Waals surface area contributed by atoms with Crippen molar-refractivity contribution < 1.29 is 9.18 Å². The summed E-state index contributed by atoms with van der Waals surface area (Å²) in [5.41, 5.74) is 0.749. The summed E-state index contributed by atoms with van der Waals surface area (Å²) in [5, 5.41) is 9.46. The third-order valence-electron chi connectivity index (χ3n) is 4.99. The summed E-state index contributed by atoms with van der Waals surface area (Å²) in [7, 11) is 0. The van der Waals surface area contributed by atoms with Crippen LogP contribution in [0.15, 0.2) is 24.4 Å². The highest BCUT2D eigenvalue weighted by atomic mass is 35.5. The fourth-order valence-corrected chi connectivity index (χ4v) is 3.53. The van der Waals surface area contributed by atoms with Gasteiger partial charge in [0.1, 0.15) is 17.4 Å². The van der Waals surface area contributed by atoms with Gasteiger partial charge in [-0.3, -0.25) is 4.79 Å². The van der Waals surface area contributed by atoms with Gasteiger partial charge in [-0.15, -0.1) is 0 Å². The van der Waals surface area contributed by atoms with Gasteiger partial charge in [-0.05, 0) is 26.0 Å². The van der Waals surface area contributed by atoms with Crippen LogP contribution in [0.3, 0.4) is 0 Å². The quantitative estimate of drug-likeness (QED) is 0.745. The molecule has 7 nitrogen and oxygen atoms in total. The van der Waals surface area contributed by atoms with Crippen LogP contribution in [-0.4, -0.2) is 60.0 Å². The van der Waals surface area contributed by atoms with Gasteiger partial charge < -0.3 is 14.7 Å². The first-order chi connectivity index (χ1) is 14.0. The van der Waals surface area contributed by atoms with Crippen molar-refractivity contribution >= 4 is 29.1 Å². The molecule has 0 saturated carbocycles. The fourth-order valence-electron chi connectivity index (χ4n) is 3.35. The molecular formula is C20H22ClFN6O. The summed E-state index contributed by atoms with van der Waals surface area (Å²) in [5.74, 6) is -0.329. The van der Waals surface area contributed by atoms with Gasteiger partial charge in [0.05, 0.1) is 16.9 Å². The van der Waals surface area contributed by atoms with E-state index in [2.05, 4.69) is 9.97 Å². The minimum absolute atomic E-state index is 0.0231. The molecule has 0 atom stereocenters. The van der Waals surface area contributed by atoms with Gasteiger partial charge in [-0.2, -0.15) is 5.26 Å². The number of anilines is 2. The molecule has 1 aliphatic heterocycles. The zero-order valence-corrected chi connectivity index (χ0v) is 17.2. The van der Waals surface area contributed by atoms with E-state index in [0.29, 0.717) is 37.8 Å². The van der Waals surface area contributed by atoms with E-state index in [0.717, 1.165) is 13.1 Å². The Balaban J connectivity index is 1.75. The molecule has 3 rings (SSSR count). The van der Waals surface area contributed by atoms with Crippen LogP contribution in [0, 0.1) is 17.1 Å². The standard InChI is InChI=1S/C20H22ClFN6O/c1-3-26(4-2)20-24-13-15(21)18(25-20)19(29)28-10-8-27(9-11-28)17-7-5-6-16(22)14(17)12-23/h5-7,13H,3-4,8-11H2,1-2H3. The van der Waals surface area contributed by atoms with Gasteiger partial charge in [-0.25, -0.2) is 14.4 Å². The largest absolute Gasteiger partial charge is 0.367 e. The number of hydrogen-bond acceptors (Lipinski definition) is 6. The molecule has 0 radical (unpaired) electrons. The number of nitrogens with zero attached hydrogens (tertiary/aromatic N) is 6. The smallest absolute Gasteiger partial charge is 0.274 e. The zero-order valence-electron chi connectivity index (χ0n) is 16.4. The lowest BCUT2D eigenvalue weighted by atomic mass is 10.1. The van der Waals surface area contributed by atoms with E-state index in [9.17, 15) is 14.4 Å². The summed E-state index contributed by atoms with van der Waals surface area (Å²) < 4.78 is 13.9. The van der Waals surface area contributed by atoms with Crippen molar-refractivity contribution in [2.75, 3.05) is 49.1 Å². The molecule has 1 aliphatic rings. The molecule has 2 aromatic rings. The first-order valence-electron chi connectivity index (χ1n) is 9.50. The molecule has 1 amide bonds. The van der Waals surface area contributed by atoms with Gasteiger partial charge in [0.2, 0.25) is 5.95 Å². The maximum Gasteiger partial charge on any atom is 0.274 e. The molecule has 9 heteroatoms. The van der Waals surface area contributed by atoms with Gasteiger partial charge in [0.15, 0.2) is 5.69 Å². The van der Waals surface area contributed by atoms with Crippen LogP contribution in [-0.2, 0) is 0 Å². The predicted octanol–water partition coefficient (Wildman–Crippen LogP) is 2.95. The molecule has 2 heterocycles. The maximum atomic E-state index is 13.9. The second-order valence-electron chi connectivity index (χ2n) is 6.56.